The van der Waals surface area contributed by atoms with Gasteiger partial charge in [-0.15, -0.1) is 0 Å². The summed E-state index contributed by atoms with van der Waals surface area (Å²) in [6.07, 6.45) is 8.87. The Morgan fingerprint density at radius 2 is 1.53 bits per heavy atom. The third kappa shape index (κ3) is 7.11. The lowest BCUT2D eigenvalue weighted by Crippen LogP contribution is -2.63. The molecule has 5 heterocycles. The molecule has 0 radical (unpaired) electrons. The lowest BCUT2D eigenvalue weighted by atomic mass is 9.75. The Balaban J connectivity index is 0.944. The normalized spacial score (nSPS) is 19.3. The van der Waals surface area contributed by atoms with Gasteiger partial charge in [0.25, 0.3) is 0 Å². The molecule has 8 rings (SSSR count). The smallest absolute Gasteiger partial charge is 0.407 e. The van der Waals surface area contributed by atoms with Gasteiger partial charge in [0.2, 0.25) is 11.8 Å². The second kappa shape index (κ2) is 15.6. The maximum Gasteiger partial charge on any atom is 0.407 e. The van der Waals surface area contributed by atoms with E-state index >= 15 is 0 Å². The van der Waals surface area contributed by atoms with Crippen LogP contribution in [0.15, 0.2) is 61.1 Å². The number of fused-ring (bicyclic) bond motifs is 1. The van der Waals surface area contributed by atoms with Crippen LogP contribution in [0.1, 0.15) is 82.5 Å². The number of aromatic nitrogens is 6. The molecule has 0 unspecified atom stereocenters. The van der Waals surface area contributed by atoms with Crippen LogP contribution in [0.4, 0.5) is 9.59 Å². The molecule has 1 aliphatic carbocycles. The Labute approximate surface area is 335 Å². The van der Waals surface area contributed by atoms with Crippen LogP contribution in [0, 0.1) is 5.92 Å². The highest BCUT2D eigenvalue weighted by Gasteiger charge is 2.50. The number of aromatic amines is 2. The summed E-state index contributed by atoms with van der Waals surface area (Å²) in [5, 5.41) is 12.4. The van der Waals surface area contributed by atoms with Gasteiger partial charge in [0.15, 0.2) is 0 Å². The van der Waals surface area contributed by atoms with Gasteiger partial charge in [0.1, 0.15) is 23.2 Å². The van der Waals surface area contributed by atoms with Crippen LogP contribution < -0.4 is 5.32 Å². The van der Waals surface area contributed by atoms with E-state index in [0.717, 1.165) is 81.8 Å². The highest BCUT2D eigenvalue weighted by atomic mass is 16.5. The average Bonchev–Trinajstić information content (AvgIpc) is 4.05. The first-order valence-electron chi connectivity index (χ1n) is 19.9. The summed E-state index contributed by atoms with van der Waals surface area (Å²) in [6, 6.07) is 12.6. The first-order chi connectivity index (χ1) is 28.0. The summed E-state index contributed by atoms with van der Waals surface area (Å²) in [5.74, 6) is 0.917. The third-order valence-corrected chi connectivity index (χ3v) is 12.0. The number of likely N-dealkylation sites (N-methyl/N-ethyl adjacent to an activating group) is 1. The number of H-pyrrole nitrogens is 2. The minimum Gasteiger partial charge on any atom is -0.465 e. The van der Waals surface area contributed by atoms with Crippen LogP contribution in [-0.4, -0.2) is 113 Å². The van der Waals surface area contributed by atoms with E-state index in [1.54, 1.807) is 17.3 Å². The number of amides is 4. The van der Waals surface area contributed by atoms with E-state index in [2.05, 4.69) is 20.3 Å². The van der Waals surface area contributed by atoms with Gasteiger partial charge >= 0.3 is 12.2 Å². The zero-order chi connectivity index (χ0) is 40.7. The third-order valence-electron chi connectivity index (χ3n) is 12.0. The van der Waals surface area contributed by atoms with Crippen LogP contribution >= 0.6 is 0 Å². The van der Waals surface area contributed by atoms with Gasteiger partial charge in [-0.05, 0) is 63.0 Å². The number of ether oxygens (including phenoxy) is 1. The molecule has 16 nitrogen and oxygen atoms in total. The van der Waals surface area contributed by atoms with Crippen molar-refractivity contribution in [3.8, 4) is 33.8 Å². The molecule has 1 saturated carbocycles. The molecule has 0 bridgehead atoms. The molecule has 58 heavy (non-hydrogen) atoms. The molecule has 3 fully saturated rings. The number of rotatable bonds is 10. The standard InChI is InChI=1S/C42H48N10O6/c1-24(2)35(50(3)41(56)57)38(53)51-18-5-8-33(51)36-44-22-31(47-36)26-12-10-25(11-13-26)30-21-43-29-20-27(14-15-28(29)46-30)32-23-45-37(48-32)34-9-6-19-52(34)39(54)42(16-7-17-42)49-40(55)58-4/h10-15,20-24,33-35H,5-9,16-19H2,1-4H3,(H,44,47)(H,45,48)(H,49,55)(H,56,57)/t33-,34-,35-/m0/s1. The number of hydrogen-bond acceptors (Lipinski definition) is 9. The topological polar surface area (TPSA) is 203 Å². The fraction of sp³-hybridized carbons (Fsp3) is 0.429. The van der Waals surface area contributed by atoms with Crippen molar-refractivity contribution in [3.05, 3.63) is 72.7 Å². The summed E-state index contributed by atoms with van der Waals surface area (Å²) >= 11 is 0. The number of likely N-dealkylation sites (tertiary alicyclic amines) is 2. The fourth-order valence-corrected chi connectivity index (χ4v) is 8.68. The molecular formula is C42H48N10O6. The quantitative estimate of drug-likeness (QED) is 0.124. The Kier molecular flexibility index (Phi) is 10.3. The van der Waals surface area contributed by atoms with Gasteiger partial charge in [-0.1, -0.05) is 44.2 Å². The maximum atomic E-state index is 13.7. The number of methoxy groups -OCH3 is 1. The van der Waals surface area contributed by atoms with E-state index in [4.69, 9.17) is 19.7 Å². The van der Waals surface area contributed by atoms with Crippen LogP contribution in [0.5, 0.6) is 0 Å². The van der Waals surface area contributed by atoms with Crippen molar-refractivity contribution in [3.63, 3.8) is 0 Å². The van der Waals surface area contributed by atoms with E-state index in [9.17, 15) is 24.3 Å². The van der Waals surface area contributed by atoms with Crippen molar-refractivity contribution < 1.29 is 29.0 Å². The van der Waals surface area contributed by atoms with E-state index in [1.807, 2.05) is 67.4 Å². The predicted molar refractivity (Wildman–Crippen MR) is 214 cm³/mol. The summed E-state index contributed by atoms with van der Waals surface area (Å²) in [7, 11) is 2.75. The maximum absolute atomic E-state index is 13.7. The Morgan fingerprint density at radius 1 is 0.862 bits per heavy atom. The summed E-state index contributed by atoms with van der Waals surface area (Å²) in [6.45, 7) is 4.86. The van der Waals surface area contributed by atoms with Gasteiger partial charge in [-0.3, -0.25) is 19.5 Å². The first kappa shape index (κ1) is 38.5. The number of carbonyl (C=O) groups is 4. The summed E-state index contributed by atoms with van der Waals surface area (Å²) in [5.41, 5.74) is 5.51. The van der Waals surface area contributed by atoms with E-state index in [-0.39, 0.29) is 29.8 Å². The summed E-state index contributed by atoms with van der Waals surface area (Å²) in [4.78, 5) is 81.7. The van der Waals surface area contributed by atoms with Crippen molar-refractivity contribution in [2.45, 2.75) is 82.5 Å². The number of hydrogen-bond donors (Lipinski definition) is 4. The Bertz CT molecular complexity index is 2350. The lowest BCUT2D eigenvalue weighted by molar-refractivity contribution is -0.143. The molecular weight excluding hydrogens is 741 g/mol. The molecule has 3 atom stereocenters. The van der Waals surface area contributed by atoms with Crippen molar-refractivity contribution >= 4 is 35.0 Å². The number of nitrogens with one attached hydrogen (secondary N) is 3. The van der Waals surface area contributed by atoms with Crippen LogP contribution in [0.3, 0.4) is 0 Å². The highest BCUT2D eigenvalue weighted by Crippen LogP contribution is 2.40. The fourth-order valence-electron chi connectivity index (χ4n) is 8.68. The minimum absolute atomic E-state index is 0.0861. The van der Waals surface area contributed by atoms with Gasteiger partial charge in [0, 0.05) is 43.0 Å². The van der Waals surface area contributed by atoms with E-state index in [0.29, 0.717) is 37.6 Å². The second-order valence-corrected chi connectivity index (χ2v) is 15.9. The molecule has 2 aromatic carbocycles. The van der Waals surface area contributed by atoms with Crippen molar-refractivity contribution in [2.75, 3.05) is 27.2 Å². The zero-order valence-corrected chi connectivity index (χ0v) is 33.1. The molecule has 5 aromatic rings. The lowest BCUT2D eigenvalue weighted by Gasteiger charge is -2.43. The van der Waals surface area contributed by atoms with Crippen LogP contribution in [-0.2, 0) is 14.3 Å². The van der Waals surface area contributed by atoms with Crippen LogP contribution in [0.25, 0.3) is 44.8 Å². The molecule has 4 N–H and O–H groups in total. The first-order valence-corrected chi connectivity index (χ1v) is 19.9. The predicted octanol–water partition coefficient (Wildman–Crippen LogP) is 6.32. The second-order valence-electron chi connectivity index (χ2n) is 15.9. The minimum atomic E-state index is -1.13. The number of nitrogens with zero attached hydrogens (tertiary/aromatic N) is 7. The van der Waals surface area contributed by atoms with Crippen molar-refractivity contribution in [1.29, 1.82) is 0 Å². The average molecular weight is 789 g/mol. The van der Waals surface area contributed by atoms with Gasteiger partial charge in [0.05, 0.1) is 59.7 Å². The van der Waals surface area contributed by atoms with Gasteiger partial charge in [-0.25, -0.2) is 24.5 Å². The number of alkyl carbamates (subject to hydrolysis) is 1. The molecule has 16 heteroatoms. The number of carbonyl (C=O) groups excluding carboxylic acids is 3. The van der Waals surface area contributed by atoms with Crippen LogP contribution in [0.2, 0.25) is 0 Å². The van der Waals surface area contributed by atoms with Crippen molar-refractivity contribution in [2.24, 2.45) is 5.92 Å². The Morgan fingerprint density at radius 3 is 2.19 bits per heavy atom. The zero-order valence-electron chi connectivity index (χ0n) is 33.1. The molecule has 0 spiro atoms. The van der Waals surface area contributed by atoms with Gasteiger partial charge < -0.3 is 34.9 Å². The molecule has 3 aromatic heterocycles. The number of imidazole rings is 2. The number of benzene rings is 2. The molecule has 2 aliphatic heterocycles. The number of carboxylic acid groups (broad SMARTS) is 1. The SMILES string of the molecule is COC(=O)NC1(C(=O)N2CCC[C@H]2c2ncc(-c3ccc4nc(-c5ccc(-c6c[nH]c([C@@H]7CCCN7C(=O)[C@H](C(C)C)N(C)C(=O)O)n6)cc5)cnc4c3)[nH]2)CCC1. The molecule has 4 amide bonds. The van der Waals surface area contributed by atoms with Crippen molar-refractivity contribution in [1.82, 2.24) is 49.9 Å². The molecule has 302 valence electrons. The molecule has 2 saturated heterocycles. The highest BCUT2D eigenvalue weighted by molar-refractivity contribution is 5.91. The van der Waals surface area contributed by atoms with E-state index in [1.165, 1.54) is 14.2 Å². The molecule has 3 aliphatic rings. The Hall–Kier alpha value is -6.32. The largest absolute Gasteiger partial charge is 0.465 e. The van der Waals surface area contributed by atoms with E-state index < -0.39 is 23.8 Å². The summed E-state index contributed by atoms with van der Waals surface area (Å²) < 4.78 is 4.81. The monoisotopic (exact) mass is 788 g/mol. The van der Waals surface area contributed by atoms with Gasteiger partial charge in [-0.2, -0.15) is 0 Å².